The van der Waals surface area contributed by atoms with E-state index >= 15 is 0 Å². The molecule has 2 aromatic carbocycles. The summed E-state index contributed by atoms with van der Waals surface area (Å²) in [7, 11) is 3.22. The molecule has 1 aromatic heterocycles. The fourth-order valence-electron chi connectivity index (χ4n) is 2.66. The normalized spacial score (nSPS) is 10.1. The lowest BCUT2D eigenvalue weighted by molar-refractivity contribution is 0.354. The van der Waals surface area contributed by atoms with Gasteiger partial charge in [0.1, 0.15) is 5.82 Å². The molecule has 0 aliphatic rings. The standard InChI is InChI=1S/C21H21N5O2/c1-14-10-20(25-17-7-4-15(12-22)5-8-17)26-21(24-14)23-13-16-6-9-18(27-2)19(11-16)28-3/h4-11H,13H2,1-3H3,(H2,23,24,25,26). The highest BCUT2D eigenvalue weighted by molar-refractivity contribution is 5.58. The number of hydrogen-bond acceptors (Lipinski definition) is 7. The number of anilines is 3. The van der Waals surface area contributed by atoms with Crippen LogP contribution >= 0.6 is 0 Å². The van der Waals surface area contributed by atoms with Crippen LogP contribution in [-0.4, -0.2) is 24.2 Å². The van der Waals surface area contributed by atoms with E-state index < -0.39 is 0 Å². The molecule has 0 aliphatic carbocycles. The van der Waals surface area contributed by atoms with E-state index in [1.54, 1.807) is 26.4 Å². The fourth-order valence-corrected chi connectivity index (χ4v) is 2.66. The summed E-state index contributed by atoms with van der Waals surface area (Å²) in [5, 5.41) is 15.4. The van der Waals surface area contributed by atoms with Crippen LogP contribution in [0.3, 0.4) is 0 Å². The highest BCUT2D eigenvalue weighted by Crippen LogP contribution is 2.27. The molecule has 0 aliphatic heterocycles. The van der Waals surface area contributed by atoms with Crippen molar-refractivity contribution in [2.45, 2.75) is 13.5 Å². The zero-order chi connectivity index (χ0) is 19.9. The lowest BCUT2D eigenvalue weighted by atomic mass is 10.2. The maximum absolute atomic E-state index is 8.89. The zero-order valence-corrected chi connectivity index (χ0v) is 16.0. The molecule has 1 heterocycles. The summed E-state index contributed by atoms with van der Waals surface area (Å²) in [5.74, 6) is 2.56. The Balaban J connectivity index is 1.71. The van der Waals surface area contributed by atoms with Crippen molar-refractivity contribution in [2.75, 3.05) is 24.9 Å². The average Bonchev–Trinajstić information content (AvgIpc) is 2.72. The molecule has 0 radical (unpaired) electrons. The van der Waals surface area contributed by atoms with E-state index in [9.17, 15) is 0 Å². The molecule has 0 saturated carbocycles. The SMILES string of the molecule is COc1ccc(CNc2nc(C)cc(Nc3ccc(C#N)cc3)n2)cc1OC. The van der Waals surface area contributed by atoms with Crippen LogP contribution in [-0.2, 0) is 6.54 Å². The molecule has 0 bridgehead atoms. The van der Waals surface area contributed by atoms with Gasteiger partial charge in [-0.15, -0.1) is 0 Å². The van der Waals surface area contributed by atoms with Gasteiger partial charge in [-0.25, -0.2) is 4.98 Å². The maximum atomic E-state index is 8.89. The van der Waals surface area contributed by atoms with Crippen molar-refractivity contribution < 1.29 is 9.47 Å². The average molecular weight is 375 g/mol. The highest BCUT2D eigenvalue weighted by atomic mass is 16.5. The Hall–Kier alpha value is -3.79. The van der Waals surface area contributed by atoms with Gasteiger partial charge in [-0.2, -0.15) is 10.2 Å². The van der Waals surface area contributed by atoms with Crippen LogP contribution in [0.1, 0.15) is 16.8 Å². The second kappa shape index (κ2) is 8.73. The molecule has 7 nitrogen and oxygen atoms in total. The van der Waals surface area contributed by atoms with Crippen molar-refractivity contribution >= 4 is 17.5 Å². The molecule has 0 atom stereocenters. The first-order chi connectivity index (χ1) is 13.6. The van der Waals surface area contributed by atoms with Crippen LogP contribution in [0.15, 0.2) is 48.5 Å². The molecule has 0 fully saturated rings. The number of nitriles is 1. The number of hydrogen-bond donors (Lipinski definition) is 2. The van der Waals surface area contributed by atoms with Crippen LogP contribution < -0.4 is 20.1 Å². The van der Waals surface area contributed by atoms with Gasteiger partial charge in [0.15, 0.2) is 11.5 Å². The Labute approximate surface area is 164 Å². The van der Waals surface area contributed by atoms with Gasteiger partial charge in [0.2, 0.25) is 5.95 Å². The van der Waals surface area contributed by atoms with Crippen molar-refractivity contribution in [1.82, 2.24) is 9.97 Å². The third kappa shape index (κ3) is 4.68. The van der Waals surface area contributed by atoms with E-state index in [-0.39, 0.29) is 0 Å². The second-order valence-electron chi connectivity index (χ2n) is 6.08. The lowest BCUT2D eigenvalue weighted by Gasteiger charge is -2.12. The Kier molecular flexibility index (Phi) is 5.92. The van der Waals surface area contributed by atoms with Gasteiger partial charge in [-0.05, 0) is 48.9 Å². The molecule has 7 heteroatoms. The second-order valence-corrected chi connectivity index (χ2v) is 6.08. The number of ether oxygens (including phenoxy) is 2. The van der Waals surface area contributed by atoms with E-state index in [0.717, 1.165) is 16.9 Å². The monoisotopic (exact) mass is 375 g/mol. The number of methoxy groups -OCH3 is 2. The molecule has 3 aromatic rings. The molecule has 142 valence electrons. The van der Waals surface area contributed by atoms with Crippen molar-refractivity contribution in [2.24, 2.45) is 0 Å². The quantitative estimate of drug-likeness (QED) is 0.644. The van der Waals surface area contributed by atoms with Crippen molar-refractivity contribution in [1.29, 1.82) is 5.26 Å². The minimum atomic E-state index is 0.519. The molecule has 0 amide bonds. The van der Waals surface area contributed by atoms with Crippen molar-refractivity contribution in [3.05, 3.63) is 65.4 Å². The van der Waals surface area contributed by atoms with Crippen LogP contribution in [0.2, 0.25) is 0 Å². The van der Waals surface area contributed by atoms with E-state index in [2.05, 4.69) is 26.7 Å². The summed E-state index contributed by atoms with van der Waals surface area (Å²) in [6.07, 6.45) is 0. The third-order valence-electron chi connectivity index (χ3n) is 4.04. The Bertz CT molecular complexity index is 997. The molecular weight excluding hydrogens is 354 g/mol. The zero-order valence-electron chi connectivity index (χ0n) is 16.0. The minimum Gasteiger partial charge on any atom is -0.493 e. The van der Waals surface area contributed by atoms with Crippen LogP contribution in [0.4, 0.5) is 17.5 Å². The summed E-state index contributed by atoms with van der Waals surface area (Å²) >= 11 is 0. The molecule has 3 rings (SSSR count). The van der Waals surface area contributed by atoms with Crippen LogP contribution in [0.5, 0.6) is 11.5 Å². The van der Waals surface area contributed by atoms with Gasteiger partial charge >= 0.3 is 0 Å². The molecular formula is C21H21N5O2. The summed E-state index contributed by atoms with van der Waals surface area (Å²) in [6, 6.07) is 16.9. The number of rotatable bonds is 7. The first kappa shape index (κ1) is 19.0. The summed E-state index contributed by atoms with van der Waals surface area (Å²) < 4.78 is 10.6. The summed E-state index contributed by atoms with van der Waals surface area (Å²) in [4.78, 5) is 8.94. The van der Waals surface area contributed by atoms with E-state index in [0.29, 0.717) is 35.4 Å². The predicted molar refractivity (Wildman–Crippen MR) is 108 cm³/mol. The third-order valence-corrected chi connectivity index (χ3v) is 4.04. The van der Waals surface area contributed by atoms with Gasteiger partial charge in [0.25, 0.3) is 0 Å². The molecule has 0 unspecified atom stereocenters. The Morgan fingerprint density at radius 1 is 0.964 bits per heavy atom. The summed E-state index contributed by atoms with van der Waals surface area (Å²) in [5.41, 5.74) is 3.31. The highest BCUT2D eigenvalue weighted by Gasteiger charge is 2.07. The van der Waals surface area contributed by atoms with Gasteiger partial charge in [0.05, 0.1) is 25.9 Å². The van der Waals surface area contributed by atoms with Gasteiger partial charge in [-0.3, -0.25) is 0 Å². The number of nitrogens with one attached hydrogen (secondary N) is 2. The van der Waals surface area contributed by atoms with Crippen molar-refractivity contribution in [3.8, 4) is 17.6 Å². The first-order valence-corrected chi connectivity index (χ1v) is 8.69. The molecule has 0 spiro atoms. The number of benzene rings is 2. The topological polar surface area (TPSA) is 92.1 Å². The van der Waals surface area contributed by atoms with Gasteiger partial charge in [-0.1, -0.05) is 6.07 Å². The fraction of sp³-hybridized carbons (Fsp3) is 0.190. The van der Waals surface area contributed by atoms with Crippen LogP contribution in [0, 0.1) is 18.3 Å². The number of aryl methyl sites for hydroxylation is 1. The smallest absolute Gasteiger partial charge is 0.225 e. The first-order valence-electron chi connectivity index (χ1n) is 8.69. The molecule has 2 N–H and O–H groups in total. The van der Waals surface area contributed by atoms with E-state index in [1.807, 2.05) is 43.3 Å². The Morgan fingerprint density at radius 3 is 2.39 bits per heavy atom. The van der Waals surface area contributed by atoms with Crippen molar-refractivity contribution in [3.63, 3.8) is 0 Å². The molecule has 0 saturated heterocycles. The number of aromatic nitrogens is 2. The predicted octanol–water partition coefficient (Wildman–Crippen LogP) is 4.03. The van der Waals surface area contributed by atoms with Gasteiger partial charge < -0.3 is 20.1 Å². The minimum absolute atomic E-state index is 0.519. The van der Waals surface area contributed by atoms with Crippen LogP contribution in [0.25, 0.3) is 0 Å². The Morgan fingerprint density at radius 2 is 1.71 bits per heavy atom. The van der Waals surface area contributed by atoms with Gasteiger partial charge in [0, 0.05) is 24.0 Å². The number of nitrogens with zero attached hydrogens (tertiary/aromatic N) is 3. The summed E-state index contributed by atoms with van der Waals surface area (Å²) in [6.45, 7) is 2.45. The van der Waals surface area contributed by atoms with E-state index in [4.69, 9.17) is 14.7 Å². The van der Waals surface area contributed by atoms with E-state index in [1.165, 1.54) is 0 Å². The molecule has 28 heavy (non-hydrogen) atoms. The maximum Gasteiger partial charge on any atom is 0.225 e. The lowest BCUT2D eigenvalue weighted by Crippen LogP contribution is -2.06. The largest absolute Gasteiger partial charge is 0.493 e.